The van der Waals surface area contributed by atoms with E-state index < -0.39 is 10.0 Å². The van der Waals surface area contributed by atoms with Gasteiger partial charge in [-0.15, -0.1) is 0 Å². The van der Waals surface area contributed by atoms with E-state index in [2.05, 4.69) is 0 Å². The van der Waals surface area contributed by atoms with Crippen molar-refractivity contribution in [3.05, 3.63) is 23.8 Å². The van der Waals surface area contributed by atoms with Crippen LogP contribution in [0.5, 0.6) is 0 Å². The highest BCUT2D eigenvalue weighted by Crippen LogP contribution is 2.37. The third-order valence-corrected chi connectivity index (χ3v) is 7.66. The Kier molecular flexibility index (Phi) is 4.71. The minimum Gasteiger partial charge on any atom is -0.469 e. The van der Waals surface area contributed by atoms with Gasteiger partial charge in [-0.2, -0.15) is 4.31 Å². The molecule has 0 bridgehead atoms. The van der Waals surface area contributed by atoms with Crippen LogP contribution in [0, 0.1) is 11.8 Å². The van der Waals surface area contributed by atoms with Gasteiger partial charge in [0, 0.05) is 31.2 Å². The van der Waals surface area contributed by atoms with Gasteiger partial charge in [0.25, 0.3) is 0 Å². The van der Waals surface area contributed by atoms with Crippen molar-refractivity contribution in [3.8, 4) is 0 Å². The molecule has 1 saturated carbocycles. The van der Waals surface area contributed by atoms with Gasteiger partial charge >= 0.3 is 5.97 Å². The first-order valence-corrected chi connectivity index (χ1v) is 10.9. The molecule has 1 aromatic carbocycles. The van der Waals surface area contributed by atoms with E-state index in [1.165, 1.54) is 11.4 Å². The maximum Gasteiger partial charge on any atom is 0.308 e. The zero-order chi connectivity index (χ0) is 19.2. The lowest BCUT2D eigenvalue weighted by molar-refractivity contribution is -0.146. The average molecular weight is 392 g/mol. The van der Waals surface area contributed by atoms with Gasteiger partial charge in [-0.05, 0) is 55.9 Å². The average Bonchev–Trinajstić information content (AvgIpc) is 3.45. The van der Waals surface area contributed by atoms with Crippen LogP contribution in [0.2, 0.25) is 0 Å². The number of fused-ring (bicyclic) bond motifs is 1. The number of carbonyl (C=O) groups is 2. The van der Waals surface area contributed by atoms with Gasteiger partial charge in [-0.3, -0.25) is 9.59 Å². The summed E-state index contributed by atoms with van der Waals surface area (Å²) in [6, 6.07) is 5.06. The van der Waals surface area contributed by atoms with Crippen molar-refractivity contribution >= 4 is 27.6 Å². The number of ether oxygens (including phenoxy) is 1. The number of carbonyl (C=O) groups excluding carboxylic acids is 2. The fourth-order valence-electron chi connectivity index (χ4n) is 3.97. The SMILES string of the molecule is COC(=O)C1CCN(S(=O)(=O)c2ccc3c(c2)CCN3C(=O)C2CC2)CC1. The summed E-state index contributed by atoms with van der Waals surface area (Å²) >= 11 is 0. The second-order valence-electron chi connectivity index (χ2n) is 7.51. The highest BCUT2D eigenvalue weighted by atomic mass is 32.2. The molecule has 0 atom stereocenters. The number of benzene rings is 1. The molecule has 0 unspecified atom stereocenters. The fraction of sp³-hybridized carbons (Fsp3) is 0.579. The van der Waals surface area contributed by atoms with Crippen molar-refractivity contribution < 1.29 is 22.7 Å². The van der Waals surface area contributed by atoms with Gasteiger partial charge in [0.15, 0.2) is 0 Å². The third-order valence-electron chi connectivity index (χ3n) is 5.77. The first-order valence-electron chi connectivity index (χ1n) is 9.44. The summed E-state index contributed by atoms with van der Waals surface area (Å²) in [6.07, 6.45) is 3.54. The number of nitrogens with zero attached hydrogens (tertiary/aromatic N) is 2. The van der Waals surface area contributed by atoms with Crippen LogP contribution in [-0.2, 0) is 30.8 Å². The Bertz CT molecular complexity index is 870. The largest absolute Gasteiger partial charge is 0.469 e. The lowest BCUT2D eigenvalue weighted by Crippen LogP contribution is -2.40. The predicted molar refractivity (Wildman–Crippen MR) is 98.7 cm³/mol. The van der Waals surface area contributed by atoms with Crippen molar-refractivity contribution in [3.63, 3.8) is 0 Å². The molecule has 27 heavy (non-hydrogen) atoms. The van der Waals surface area contributed by atoms with E-state index in [0.29, 0.717) is 38.9 Å². The summed E-state index contributed by atoms with van der Waals surface area (Å²) in [5.41, 5.74) is 1.75. The van der Waals surface area contributed by atoms with E-state index in [0.717, 1.165) is 24.1 Å². The van der Waals surface area contributed by atoms with E-state index in [1.807, 2.05) is 0 Å². The molecule has 1 amide bonds. The zero-order valence-electron chi connectivity index (χ0n) is 15.4. The van der Waals surface area contributed by atoms with Gasteiger partial charge in [0.1, 0.15) is 0 Å². The van der Waals surface area contributed by atoms with Crippen LogP contribution < -0.4 is 4.90 Å². The number of hydrogen-bond donors (Lipinski definition) is 0. The van der Waals surface area contributed by atoms with E-state index in [4.69, 9.17) is 4.74 Å². The molecule has 0 radical (unpaired) electrons. The van der Waals surface area contributed by atoms with Crippen LogP contribution in [0.3, 0.4) is 0 Å². The standard InChI is InChI=1S/C19H24N2O5S/c1-26-19(23)14-6-9-20(10-7-14)27(24,25)16-4-5-17-15(12-16)8-11-21(17)18(22)13-2-3-13/h4-5,12-14H,2-3,6-11H2,1H3. The van der Waals surface area contributed by atoms with Crippen molar-refractivity contribution in [2.75, 3.05) is 31.6 Å². The Morgan fingerprint density at radius 3 is 2.37 bits per heavy atom. The Morgan fingerprint density at radius 1 is 1.04 bits per heavy atom. The molecule has 1 aliphatic carbocycles. The molecule has 146 valence electrons. The molecular weight excluding hydrogens is 368 g/mol. The van der Waals surface area contributed by atoms with Crippen LogP contribution in [-0.4, -0.2) is 51.3 Å². The van der Waals surface area contributed by atoms with Crippen molar-refractivity contribution in [2.45, 2.75) is 37.0 Å². The minimum atomic E-state index is -3.60. The molecule has 0 N–H and O–H groups in total. The second-order valence-corrected chi connectivity index (χ2v) is 9.44. The third kappa shape index (κ3) is 3.36. The highest BCUT2D eigenvalue weighted by molar-refractivity contribution is 7.89. The lowest BCUT2D eigenvalue weighted by atomic mass is 9.99. The van der Waals surface area contributed by atoms with Crippen LogP contribution in [0.25, 0.3) is 0 Å². The topological polar surface area (TPSA) is 84.0 Å². The molecule has 3 aliphatic rings. The quantitative estimate of drug-likeness (QED) is 0.726. The van der Waals surface area contributed by atoms with Gasteiger partial charge in [-0.1, -0.05) is 0 Å². The van der Waals surface area contributed by atoms with E-state index in [-0.39, 0.29) is 28.6 Å². The Morgan fingerprint density at radius 2 is 1.74 bits per heavy atom. The molecule has 8 heteroatoms. The summed E-state index contributed by atoms with van der Waals surface area (Å²) in [4.78, 5) is 26.1. The Hall–Kier alpha value is -1.93. The normalized spacial score (nSPS) is 21.1. The summed E-state index contributed by atoms with van der Waals surface area (Å²) in [7, 11) is -2.25. The molecule has 1 saturated heterocycles. The summed E-state index contributed by atoms with van der Waals surface area (Å²) in [5, 5.41) is 0. The Labute approximate surface area is 159 Å². The molecule has 0 spiro atoms. The van der Waals surface area contributed by atoms with Crippen molar-refractivity contribution in [2.24, 2.45) is 11.8 Å². The predicted octanol–water partition coefficient (Wildman–Crippen LogP) is 1.56. The van der Waals surface area contributed by atoms with Gasteiger partial charge in [0.2, 0.25) is 15.9 Å². The number of anilines is 1. The number of sulfonamides is 1. The number of methoxy groups -OCH3 is 1. The summed E-state index contributed by atoms with van der Waals surface area (Å²) in [5.74, 6) is -0.196. The molecular formula is C19H24N2O5S. The van der Waals surface area contributed by atoms with Gasteiger partial charge in [-0.25, -0.2) is 8.42 Å². The monoisotopic (exact) mass is 392 g/mol. The van der Waals surface area contributed by atoms with Crippen molar-refractivity contribution in [1.82, 2.24) is 4.31 Å². The summed E-state index contributed by atoms with van der Waals surface area (Å²) in [6.45, 7) is 1.25. The van der Waals surface area contributed by atoms with E-state index in [1.54, 1.807) is 23.1 Å². The van der Waals surface area contributed by atoms with Gasteiger partial charge in [0.05, 0.1) is 17.9 Å². The van der Waals surface area contributed by atoms with Crippen LogP contribution >= 0.6 is 0 Å². The van der Waals surface area contributed by atoms with Crippen LogP contribution in [0.4, 0.5) is 5.69 Å². The van der Waals surface area contributed by atoms with Crippen molar-refractivity contribution in [1.29, 1.82) is 0 Å². The zero-order valence-corrected chi connectivity index (χ0v) is 16.2. The Balaban J connectivity index is 1.50. The molecule has 2 heterocycles. The maximum absolute atomic E-state index is 13.0. The highest BCUT2D eigenvalue weighted by Gasteiger charge is 2.37. The fourth-order valence-corrected chi connectivity index (χ4v) is 5.49. The molecule has 2 aliphatic heterocycles. The lowest BCUT2D eigenvalue weighted by Gasteiger charge is -2.30. The molecule has 7 nitrogen and oxygen atoms in total. The van der Waals surface area contributed by atoms with E-state index in [9.17, 15) is 18.0 Å². The summed E-state index contributed by atoms with van der Waals surface area (Å²) < 4.78 is 32.2. The minimum absolute atomic E-state index is 0.149. The maximum atomic E-state index is 13.0. The smallest absolute Gasteiger partial charge is 0.308 e. The first-order chi connectivity index (χ1) is 12.9. The second kappa shape index (κ2) is 6.91. The first kappa shape index (κ1) is 18.4. The van der Waals surface area contributed by atoms with E-state index >= 15 is 0 Å². The molecule has 0 aromatic heterocycles. The number of amides is 1. The van der Waals surface area contributed by atoms with Gasteiger partial charge < -0.3 is 9.64 Å². The molecule has 4 rings (SSSR count). The molecule has 2 fully saturated rings. The number of esters is 1. The van der Waals surface area contributed by atoms with Crippen LogP contribution in [0.15, 0.2) is 23.1 Å². The van der Waals surface area contributed by atoms with Crippen LogP contribution in [0.1, 0.15) is 31.2 Å². The molecule has 1 aromatic rings. The number of piperidine rings is 1. The number of rotatable bonds is 4. The number of hydrogen-bond acceptors (Lipinski definition) is 5.